The monoisotopic (exact) mass is 361 g/mol. The van der Waals surface area contributed by atoms with E-state index in [0.717, 1.165) is 11.3 Å². The molecule has 1 aliphatic rings. The highest BCUT2D eigenvalue weighted by Gasteiger charge is 2.22. The Bertz CT molecular complexity index is 1060. The Hall–Kier alpha value is -3.60. The van der Waals surface area contributed by atoms with Gasteiger partial charge in [0.15, 0.2) is 0 Å². The highest BCUT2D eigenvalue weighted by Crippen LogP contribution is 2.29. The Morgan fingerprint density at radius 1 is 1.04 bits per heavy atom. The molecule has 4 nitrogen and oxygen atoms in total. The first-order valence-corrected chi connectivity index (χ1v) is 8.38. The molecule has 0 atom stereocenters. The van der Waals surface area contributed by atoms with Crippen LogP contribution in [0.25, 0.3) is 17.5 Å². The quantitative estimate of drug-likeness (QED) is 0.503. The second kappa shape index (κ2) is 6.96. The molecule has 0 N–H and O–H groups in total. The van der Waals surface area contributed by atoms with Gasteiger partial charge in [-0.3, -0.25) is 0 Å². The molecule has 0 fully saturated rings. The lowest BCUT2D eigenvalue weighted by Crippen LogP contribution is -2.00. The minimum atomic E-state index is -0.442. The van der Waals surface area contributed by atoms with Crippen LogP contribution in [-0.4, -0.2) is 17.6 Å². The van der Waals surface area contributed by atoms with Gasteiger partial charge >= 0.3 is 5.97 Å². The number of hydrogen-bond acceptors (Lipinski definition) is 3. The SMILES string of the molecule is COc1ccc(C2=C/C(=C/c3cccn3-c3ccccc3F)C(=O)O2)cc1. The molecule has 134 valence electrons. The average Bonchev–Trinajstić information content (AvgIpc) is 3.29. The Morgan fingerprint density at radius 3 is 2.56 bits per heavy atom. The molecular weight excluding hydrogens is 345 g/mol. The van der Waals surface area contributed by atoms with Crippen molar-refractivity contribution in [2.24, 2.45) is 0 Å². The summed E-state index contributed by atoms with van der Waals surface area (Å²) in [6, 6.07) is 17.3. The molecule has 0 spiro atoms. The molecule has 0 bridgehead atoms. The minimum Gasteiger partial charge on any atom is -0.497 e. The van der Waals surface area contributed by atoms with Gasteiger partial charge in [-0.1, -0.05) is 12.1 Å². The maximum absolute atomic E-state index is 14.1. The number of ether oxygens (including phenoxy) is 2. The van der Waals surface area contributed by atoms with Crippen LogP contribution in [0, 0.1) is 5.82 Å². The lowest BCUT2D eigenvalue weighted by Gasteiger charge is -2.07. The number of esters is 1. The summed E-state index contributed by atoms with van der Waals surface area (Å²) in [5.74, 6) is 0.416. The fraction of sp³-hybridized carbons (Fsp3) is 0.0455. The Balaban J connectivity index is 1.69. The van der Waals surface area contributed by atoms with E-state index in [0.29, 0.717) is 22.7 Å². The van der Waals surface area contributed by atoms with Crippen molar-refractivity contribution in [1.29, 1.82) is 0 Å². The predicted octanol–water partition coefficient (Wildman–Crippen LogP) is 4.61. The molecule has 0 saturated carbocycles. The first-order valence-electron chi connectivity index (χ1n) is 8.38. The predicted molar refractivity (Wildman–Crippen MR) is 101 cm³/mol. The van der Waals surface area contributed by atoms with Crippen molar-refractivity contribution in [3.63, 3.8) is 0 Å². The lowest BCUT2D eigenvalue weighted by atomic mass is 10.1. The molecule has 0 unspecified atom stereocenters. The number of carbonyl (C=O) groups excluding carboxylic acids is 1. The van der Waals surface area contributed by atoms with Crippen molar-refractivity contribution in [3.8, 4) is 11.4 Å². The van der Waals surface area contributed by atoms with Gasteiger partial charge in [0.25, 0.3) is 0 Å². The number of cyclic esters (lactones) is 1. The fourth-order valence-corrected chi connectivity index (χ4v) is 2.92. The topological polar surface area (TPSA) is 40.5 Å². The second-order valence-corrected chi connectivity index (χ2v) is 5.98. The van der Waals surface area contributed by atoms with Gasteiger partial charge in [0.2, 0.25) is 0 Å². The first kappa shape index (κ1) is 16.8. The molecule has 0 radical (unpaired) electrons. The summed E-state index contributed by atoms with van der Waals surface area (Å²) in [5, 5.41) is 0. The number of carbonyl (C=O) groups is 1. The van der Waals surface area contributed by atoms with Crippen molar-refractivity contribution in [2.45, 2.75) is 0 Å². The van der Waals surface area contributed by atoms with Gasteiger partial charge in [-0.15, -0.1) is 0 Å². The van der Waals surface area contributed by atoms with Crippen LogP contribution >= 0.6 is 0 Å². The van der Waals surface area contributed by atoms with E-state index in [-0.39, 0.29) is 5.82 Å². The molecule has 5 heteroatoms. The van der Waals surface area contributed by atoms with E-state index in [1.54, 1.807) is 66.4 Å². The Labute approximate surface area is 155 Å². The number of nitrogens with zero attached hydrogens (tertiary/aromatic N) is 1. The van der Waals surface area contributed by atoms with Crippen molar-refractivity contribution in [2.75, 3.05) is 7.11 Å². The number of hydrogen-bond donors (Lipinski definition) is 0. The third-order valence-corrected chi connectivity index (χ3v) is 4.30. The minimum absolute atomic E-state index is 0.336. The third-order valence-electron chi connectivity index (χ3n) is 4.30. The summed E-state index contributed by atoms with van der Waals surface area (Å²) in [6.45, 7) is 0. The summed E-state index contributed by atoms with van der Waals surface area (Å²) in [4.78, 5) is 12.3. The van der Waals surface area contributed by atoms with E-state index in [1.165, 1.54) is 6.07 Å². The van der Waals surface area contributed by atoms with E-state index in [4.69, 9.17) is 9.47 Å². The van der Waals surface area contributed by atoms with E-state index < -0.39 is 5.97 Å². The molecular formula is C22H16FNO3. The Kier molecular flexibility index (Phi) is 4.34. The number of benzene rings is 2. The van der Waals surface area contributed by atoms with E-state index >= 15 is 0 Å². The van der Waals surface area contributed by atoms with Crippen molar-refractivity contribution < 1.29 is 18.7 Å². The van der Waals surface area contributed by atoms with Gasteiger partial charge < -0.3 is 14.0 Å². The standard InChI is InChI=1S/C22H16FNO3/c1-26-18-10-8-15(9-11-18)21-14-16(22(25)27-21)13-17-5-4-12-24(17)20-7-3-2-6-19(20)23/h2-14H,1H3/b16-13-. The van der Waals surface area contributed by atoms with Crippen LogP contribution in [0.2, 0.25) is 0 Å². The summed E-state index contributed by atoms with van der Waals surface area (Å²) in [6.07, 6.45) is 5.12. The number of methoxy groups -OCH3 is 1. The number of para-hydroxylation sites is 1. The molecule has 0 amide bonds. The highest BCUT2D eigenvalue weighted by molar-refractivity contribution is 6.05. The smallest absolute Gasteiger partial charge is 0.343 e. The van der Waals surface area contributed by atoms with Gasteiger partial charge in [-0.05, 0) is 60.7 Å². The molecule has 1 aliphatic heterocycles. The molecule has 27 heavy (non-hydrogen) atoms. The van der Waals surface area contributed by atoms with Crippen molar-refractivity contribution >= 4 is 17.8 Å². The maximum atomic E-state index is 14.1. The van der Waals surface area contributed by atoms with Crippen LogP contribution in [0.3, 0.4) is 0 Å². The summed E-state index contributed by atoms with van der Waals surface area (Å²) >= 11 is 0. The zero-order chi connectivity index (χ0) is 18.8. The summed E-state index contributed by atoms with van der Waals surface area (Å²) < 4.78 is 26.3. The van der Waals surface area contributed by atoms with Crippen LogP contribution in [0.5, 0.6) is 5.75 Å². The molecule has 1 aromatic heterocycles. The van der Waals surface area contributed by atoms with Crippen LogP contribution in [-0.2, 0) is 9.53 Å². The number of rotatable bonds is 4. The van der Waals surface area contributed by atoms with Crippen molar-refractivity contribution in [1.82, 2.24) is 4.57 Å². The first-order chi connectivity index (χ1) is 13.2. The zero-order valence-electron chi connectivity index (χ0n) is 14.6. The molecule has 0 aliphatic carbocycles. The van der Waals surface area contributed by atoms with Gasteiger partial charge in [0.1, 0.15) is 17.3 Å². The summed E-state index contributed by atoms with van der Waals surface area (Å²) in [7, 11) is 1.59. The van der Waals surface area contributed by atoms with Gasteiger partial charge in [0.05, 0.1) is 18.4 Å². The third kappa shape index (κ3) is 3.27. The number of aromatic nitrogens is 1. The highest BCUT2D eigenvalue weighted by atomic mass is 19.1. The number of halogens is 1. The maximum Gasteiger partial charge on any atom is 0.343 e. The van der Waals surface area contributed by atoms with Gasteiger partial charge in [-0.2, -0.15) is 0 Å². The molecule has 2 aromatic carbocycles. The largest absolute Gasteiger partial charge is 0.497 e. The van der Waals surface area contributed by atoms with Crippen molar-refractivity contribution in [3.05, 3.63) is 95.6 Å². The van der Waals surface area contributed by atoms with Gasteiger partial charge in [0, 0.05) is 17.5 Å². The van der Waals surface area contributed by atoms with E-state index in [2.05, 4.69) is 0 Å². The fourth-order valence-electron chi connectivity index (χ4n) is 2.92. The summed E-state index contributed by atoms with van der Waals surface area (Å²) in [5.41, 5.74) is 2.27. The normalized spacial score (nSPS) is 15.0. The van der Waals surface area contributed by atoms with Crippen LogP contribution in [0.1, 0.15) is 11.3 Å². The molecule has 2 heterocycles. The lowest BCUT2D eigenvalue weighted by molar-refractivity contribution is -0.130. The molecule has 3 aromatic rings. The van der Waals surface area contributed by atoms with Gasteiger partial charge in [-0.25, -0.2) is 9.18 Å². The van der Waals surface area contributed by atoms with Crippen LogP contribution < -0.4 is 4.74 Å². The van der Waals surface area contributed by atoms with Crippen LogP contribution in [0.15, 0.2) is 78.5 Å². The van der Waals surface area contributed by atoms with E-state index in [9.17, 15) is 9.18 Å². The average molecular weight is 361 g/mol. The Morgan fingerprint density at radius 2 is 1.81 bits per heavy atom. The second-order valence-electron chi connectivity index (χ2n) is 5.98. The van der Waals surface area contributed by atoms with E-state index in [1.807, 2.05) is 18.2 Å². The molecule has 0 saturated heterocycles. The van der Waals surface area contributed by atoms with Crippen LogP contribution in [0.4, 0.5) is 4.39 Å². The molecule has 4 rings (SSSR count). The zero-order valence-corrected chi connectivity index (χ0v) is 14.6.